The van der Waals surface area contributed by atoms with Crippen molar-refractivity contribution in [1.29, 1.82) is 0 Å². The van der Waals surface area contributed by atoms with Crippen LogP contribution in [0.5, 0.6) is 5.75 Å². The Morgan fingerprint density at radius 1 is 1.02 bits per heavy atom. The number of aliphatic imine (C=N–C) groups is 1. The summed E-state index contributed by atoms with van der Waals surface area (Å²) < 4.78 is 9.65. The summed E-state index contributed by atoms with van der Waals surface area (Å²) in [6, 6.07) is 14.7. The van der Waals surface area contributed by atoms with Crippen molar-refractivity contribution in [2.24, 2.45) is 4.99 Å². The summed E-state index contributed by atoms with van der Waals surface area (Å²) in [4.78, 5) is 48.6. The summed E-state index contributed by atoms with van der Waals surface area (Å²) in [6.45, 7) is 3.35. The number of alkyl halides is 3. The van der Waals surface area contributed by atoms with Crippen molar-refractivity contribution in [3.05, 3.63) is 54.1 Å². The normalized spacial score (nSPS) is 15.4. The average molecular weight is 695 g/mol. The number of hydrogen-bond donors (Lipinski definition) is 1. The number of halogens is 3. The molecule has 250 valence electrons. The molecule has 0 bridgehead atoms. The topological polar surface area (TPSA) is 104 Å². The van der Waals surface area contributed by atoms with Crippen LogP contribution < -0.4 is 15.0 Å². The molecular weight excluding hydrogens is 653 g/mol. The first-order valence-electron chi connectivity index (χ1n) is 15.5. The van der Waals surface area contributed by atoms with Crippen molar-refractivity contribution < 1.29 is 23.9 Å². The van der Waals surface area contributed by atoms with Crippen molar-refractivity contribution in [2.45, 2.75) is 80.8 Å². The van der Waals surface area contributed by atoms with E-state index < -0.39 is 15.4 Å². The van der Waals surface area contributed by atoms with Gasteiger partial charge in [0.15, 0.2) is 5.60 Å². The van der Waals surface area contributed by atoms with Crippen molar-refractivity contribution in [3.8, 4) is 5.75 Å². The number of nitrogens with one attached hydrogen (secondary N) is 1. The smallest absolute Gasteiger partial charge is 0.326 e. The molecule has 0 spiro atoms. The highest BCUT2D eigenvalue weighted by Crippen LogP contribution is 2.40. The maximum absolute atomic E-state index is 13.3. The molecular formula is C33H42Cl3N5O5. The van der Waals surface area contributed by atoms with Gasteiger partial charge in [0.1, 0.15) is 12.3 Å². The monoisotopic (exact) mass is 693 g/mol. The van der Waals surface area contributed by atoms with Crippen LogP contribution in [-0.4, -0.2) is 76.3 Å². The van der Waals surface area contributed by atoms with Crippen LogP contribution in [-0.2, 0) is 20.9 Å². The minimum Gasteiger partial charge on any atom is -0.494 e. The lowest BCUT2D eigenvalue weighted by molar-refractivity contribution is -0.156. The summed E-state index contributed by atoms with van der Waals surface area (Å²) in [6.07, 6.45) is 6.10. The van der Waals surface area contributed by atoms with Gasteiger partial charge >= 0.3 is 12.0 Å². The van der Waals surface area contributed by atoms with Gasteiger partial charge in [0.05, 0.1) is 12.3 Å². The number of benzene rings is 2. The molecule has 1 heterocycles. The van der Waals surface area contributed by atoms with Gasteiger partial charge in [-0.2, -0.15) is 0 Å². The molecule has 2 aliphatic rings. The van der Waals surface area contributed by atoms with Gasteiger partial charge in [-0.3, -0.25) is 14.9 Å². The second kappa shape index (κ2) is 15.6. The van der Waals surface area contributed by atoms with Crippen LogP contribution in [0.15, 0.2) is 53.5 Å². The SMILES string of the molecule is CN(C(=O)CCCOc1ccc2c(c1)CN(CC(=O)OC(C)(C)C(Cl)(Cl)Cl)C(NC(=O)N(C)C1CCCCC1)=N2)c1ccccc1. The summed E-state index contributed by atoms with van der Waals surface area (Å²) in [5.41, 5.74) is 0.852. The number of carbonyl (C=O) groups is 3. The highest BCUT2D eigenvalue weighted by molar-refractivity contribution is 6.68. The van der Waals surface area contributed by atoms with E-state index in [9.17, 15) is 14.4 Å². The van der Waals surface area contributed by atoms with Gasteiger partial charge in [-0.05, 0) is 63.4 Å². The zero-order valence-corrected chi connectivity index (χ0v) is 29.0. The zero-order valence-electron chi connectivity index (χ0n) is 26.7. The average Bonchev–Trinajstić information content (AvgIpc) is 3.02. The zero-order chi connectivity index (χ0) is 33.5. The van der Waals surface area contributed by atoms with Gasteiger partial charge < -0.3 is 24.2 Å². The van der Waals surface area contributed by atoms with E-state index in [1.807, 2.05) is 36.4 Å². The lowest BCUT2D eigenvalue weighted by atomic mass is 9.95. The number of nitrogens with zero attached hydrogens (tertiary/aromatic N) is 4. The minimum absolute atomic E-state index is 0.00117. The highest BCUT2D eigenvalue weighted by Gasteiger charge is 2.44. The van der Waals surface area contributed by atoms with Crippen molar-refractivity contribution in [3.63, 3.8) is 0 Å². The summed E-state index contributed by atoms with van der Waals surface area (Å²) in [5, 5.41) is 2.90. The fourth-order valence-corrected chi connectivity index (χ4v) is 5.43. The number of carbonyl (C=O) groups excluding carboxylic acids is 3. The Bertz CT molecular complexity index is 1410. The van der Waals surface area contributed by atoms with Crippen LogP contribution in [0.3, 0.4) is 0 Å². The van der Waals surface area contributed by atoms with E-state index >= 15 is 0 Å². The number of fused-ring (bicyclic) bond motifs is 1. The molecule has 0 atom stereocenters. The molecule has 0 radical (unpaired) electrons. The summed E-state index contributed by atoms with van der Waals surface area (Å²) in [5.74, 6) is 0.166. The Kier molecular flexibility index (Phi) is 12.1. The van der Waals surface area contributed by atoms with Crippen molar-refractivity contribution in [2.75, 3.05) is 32.1 Å². The molecule has 1 aliphatic heterocycles. The van der Waals surface area contributed by atoms with Crippen LogP contribution in [0.4, 0.5) is 16.2 Å². The Morgan fingerprint density at radius 2 is 1.72 bits per heavy atom. The lowest BCUT2D eigenvalue weighted by Crippen LogP contribution is -2.53. The fraction of sp³-hybridized carbons (Fsp3) is 0.515. The molecule has 1 N–H and O–H groups in total. The summed E-state index contributed by atoms with van der Waals surface area (Å²) >= 11 is 18.1. The predicted molar refractivity (Wildman–Crippen MR) is 182 cm³/mol. The second-order valence-electron chi connectivity index (χ2n) is 12.1. The standard InChI is InChI=1S/C33H42Cl3N5O5/c1-32(2,33(34,35)36)46-29(43)22-41-21-23-20-26(45-19-11-16-28(42)39(3)24-12-7-5-8-13-24)17-18-27(23)37-30(41)38-31(44)40(4)25-14-9-6-10-15-25/h5,7-8,12-13,17-18,20,25H,6,9-11,14-16,19,21-22H2,1-4H3,(H,37,38,44). The highest BCUT2D eigenvalue weighted by atomic mass is 35.6. The number of urea groups is 1. The minimum atomic E-state index is -1.85. The molecule has 4 rings (SSSR count). The van der Waals surface area contributed by atoms with Crippen LogP contribution in [0.2, 0.25) is 0 Å². The van der Waals surface area contributed by atoms with E-state index in [2.05, 4.69) is 5.32 Å². The number of rotatable bonds is 10. The third kappa shape index (κ3) is 9.42. The van der Waals surface area contributed by atoms with Crippen molar-refractivity contribution in [1.82, 2.24) is 15.1 Å². The quantitative estimate of drug-likeness (QED) is 0.164. The molecule has 1 fully saturated rings. The Hall–Kier alpha value is -3.21. The van der Waals surface area contributed by atoms with Gasteiger partial charge in [0.25, 0.3) is 0 Å². The number of guanidine groups is 1. The molecule has 3 amide bonds. The van der Waals surface area contributed by atoms with Gasteiger partial charge in [0.2, 0.25) is 15.7 Å². The van der Waals surface area contributed by atoms with Gasteiger partial charge in [0, 0.05) is 44.4 Å². The van der Waals surface area contributed by atoms with Gasteiger partial charge in [-0.1, -0.05) is 72.3 Å². The van der Waals surface area contributed by atoms with E-state index in [-0.39, 0.29) is 37.0 Å². The second-order valence-corrected chi connectivity index (χ2v) is 14.4. The molecule has 1 saturated carbocycles. The van der Waals surface area contributed by atoms with Crippen LogP contribution in [0, 0.1) is 0 Å². The predicted octanol–water partition coefficient (Wildman–Crippen LogP) is 6.98. The molecule has 10 nitrogen and oxygen atoms in total. The van der Waals surface area contributed by atoms with E-state index in [0.717, 1.165) is 36.9 Å². The molecule has 2 aromatic carbocycles. The summed E-state index contributed by atoms with van der Waals surface area (Å²) in [7, 11) is 3.54. The van der Waals surface area contributed by atoms with Crippen LogP contribution >= 0.6 is 34.8 Å². The van der Waals surface area contributed by atoms with Crippen LogP contribution in [0.25, 0.3) is 0 Å². The molecule has 13 heteroatoms. The largest absolute Gasteiger partial charge is 0.494 e. The molecule has 0 unspecified atom stereocenters. The first-order valence-corrected chi connectivity index (χ1v) is 16.6. The van der Waals surface area contributed by atoms with Gasteiger partial charge in [-0.15, -0.1) is 0 Å². The Labute approximate surface area is 285 Å². The maximum atomic E-state index is 13.3. The molecule has 0 aromatic heterocycles. The number of amides is 3. The number of anilines is 1. The fourth-order valence-electron chi connectivity index (χ4n) is 5.32. The number of hydrogen-bond acceptors (Lipinski definition) is 7. The number of ether oxygens (including phenoxy) is 2. The first kappa shape index (κ1) is 35.6. The van der Waals surface area contributed by atoms with E-state index in [0.29, 0.717) is 30.9 Å². The first-order chi connectivity index (χ1) is 21.7. The number of esters is 1. The molecule has 1 aliphatic carbocycles. The van der Waals surface area contributed by atoms with Crippen molar-refractivity contribution >= 4 is 70.0 Å². The third-order valence-corrected chi connectivity index (χ3v) is 9.66. The van der Waals surface area contributed by atoms with Gasteiger partial charge in [-0.25, -0.2) is 9.79 Å². The van der Waals surface area contributed by atoms with E-state index in [4.69, 9.17) is 49.3 Å². The third-order valence-electron chi connectivity index (χ3n) is 8.29. The molecule has 2 aromatic rings. The van der Waals surface area contributed by atoms with E-state index in [1.165, 1.54) is 20.3 Å². The number of para-hydroxylation sites is 1. The van der Waals surface area contributed by atoms with Crippen LogP contribution in [0.1, 0.15) is 64.4 Å². The maximum Gasteiger partial charge on any atom is 0.326 e. The van der Waals surface area contributed by atoms with E-state index in [1.54, 1.807) is 40.9 Å². The molecule has 46 heavy (non-hydrogen) atoms. The molecule has 0 saturated heterocycles. The Balaban J connectivity index is 1.43. The Morgan fingerprint density at radius 3 is 2.39 bits per heavy atom. The lowest BCUT2D eigenvalue weighted by Gasteiger charge is -2.35.